The van der Waals surface area contributed by atoms with E-state index in [0.29, 0.717) is 36.2 Å². The molecule has 8 nitrogen and oxygen atoms in total. The van der Waals surface area contributed by atoms with Crippen LogP contribution >= 0.6 is 23.2 Å². The first-order valence-corrected chi connectivity index (χ1v) is 12.2. The summed E-state index contributed by atoms with van der Waals surface area (Å²) in [6, 6.07) is 15.0. The van der Waals surface area contributed by atoms with Crippen molar-refractivity contribution in [1.29, 1.82) is 0 Å². The van der Waals surface area contributed by atoms with Gasteiger partial charge in [-0.15, -0.1) is 0 Å². The number of nitrogens with one attached hydrogen (secondary N) is 1. The fraction of sp³-hybridized carbons (Fsp3) is 0.269. The summed E-state index contributed by atoms with van der Waals surface area (Å²) in [5.41, 5.74) is 6.79. The number of para-hydroxylation sites is 2. The average Bonchev–Trinajstić information content (AvgIpc) is 3.15. The highest BCUT2D eigenvalue weighted by molar-refractivity contribution is 6.35. The molecule has 2 amide bonds. The number of aromatic nitrogens is 1. The predicted molar refractivity (Wildman–Crippen MR) is 143 cm³/mol. The SMILES string of the molecule is COc1ccccc1N1CCN(C(=O)C(=O)N/N=C\c2cc(C)n(-c3cc(Cl)cc(Cl)c3)c2C)CC1. The molecule has 0 bridgehead atoms. The highest BCUT2D eigenvalue weighted by Gasteiger charge is 2.27. The molecule has 2 heterocycles. The van der Waals surface area contributed by atoms with Gasteiger partial charge in [-0.25, -0.2) is 5.43 Å². The number of halogens is 2. The van der Waals surface area contributed by atoms with Gasteiger partial charge in [0.15, 0.2) is 0 Å². The van der Waals surface area contributed by atoms with Crippen molar-refractivity contribution < 1.29 is 14.3 Å². The minimum absolute atomic E-state index is 0.428. The smallest absolute Gasteiger partial charge is 0.329 e. The molecule has 0 saturated carbocycles. The third kappa shape index (κ3) is 5.50. The topological polar surface area (TPSA) is 79.2 Å². The number of anilines is 1. The number of rotatable bonds is 5. The van der Waals surface area contributed by atoms with E-state index in [-0.39, 0.29) is 0 Å². The number of ether oxygens (including phenoxy) is 1. The number of hydrazone groups is 1. The number of aryl methyl sites for hydroxylation is 1. The fourth-order valence-electron chi connectivity index (χ4n) is 4.38. The van der Waals surface area contributed by atoms with Crippen molar-refractivity contribution >= 4 is 46.9 Å². The maximum absolute atomic E-state index is 12.6. The van der Waals surface area contributed by atoms with E-state index in [1.807, 2.05) is 60.9 Å². The van der Waals surface area contributed by atoms with Crippen LogP contribution in [0.1, 0.15) is 17.0 Å². The van der Waals surface area contributed by atoms with Crippen LogP contribution in [0.4, 0.5) is 5.69 Å². The van der Waals surface area contributed by atoms with E-state index in [0.717, 1.165) is 34.1 Å². The summed E-state index contributed by atoms with van der Waals surface area (Å²) >= 11 is 12.3. The van der Waals surface area contributed by atoms with Crippen molar-refractivity contribution in [1.82, 2.24) is 14.9 Å². The Labute approximate surface area is 220 Å². The van der Waals surface area contributed by atoms with Crippen LogP contribution in [0.15, 0.2) is 53.6 Å². The van der Waals surface area contributed by atoms with E-state index < -0.39 is 11.8 Å². The van der Waals surface area contributed by atoms with E-state index in [4.69, 9.17) is 27.9 Å². The van der Waals surface area contributed by atoms with Gasteiger partial charge in [-0.2, -0.15) is 5.10 Å². The van der Waals surface area contributed by atoms with Crippen LogP contribution in [0.25, 0.3) is 5.69 Å². The number of methoxy groups -OCH3 is 1. The number of hydrogen-bond acceptors (Lipinski definition) is 5. The molecule has 0 aliphatic carbocycles. The van der Waals surface area contributed by atoms with Gasteiger partial charge in [0, 0.05) is 58.9 Å². The summed E-state index contributed by atoms with van der Waals surface area (Å²) in [6.07, 6.45) is 1.52. The Morgan fingerprint density at radius 1 is 1.00 bits per heavy atom. The van der Waals surface area contributed by atoms with Crippen molar-refractivity contribution in [3.05, 3.63) is 75.5 Å². The Bertz CT molecular complexity index is 1290. The van der Waals surface area contributed by atoms with Gasteiger partial charge in [0.25, 0.3) is 0 Å². The third-order valence-electron chi connectivity index (χ3n) is 6.13. The summed E-state index contributed by atoms with van der Waals surface area (Å²) in [6.45, 7) is 5.93. The van der Waals surface area contributed by atoms with Gasteiger partial charge in [0.1, 0.15) is 5.75 Å². The molecule has 1 fully saturated rings. The number of carbonyl (C=O) groups is 2. The highest BCUT2D eigenvalue weighted by Crippen LogP contribution is 2.28. The summed E-state index contributed by atoms with van der Waals surface area (Å²) in [4.78, 5) is 28.8. The van der Waals surface area contributed by atoms with Crippen LogP contribution < -0.4 is 15.1 Å². The Hall–Kier alpha value is -3.49. The fourth-order valence-corrected chi connectivity index (χ4v) is 4.89. The largest absolute Gasteiger partial charge is 0.495 e. The van der Waals surface area contributed by atoms with Crippen LogP contribution in [0.3, 0.4) is 0 Å². The van der Waals surface area contributed by atoms with Crippen molar-refractivity contribution in [2.24, 2.45) is 5.10 Å². The minimum Gasteiger partial charge on any atom is -0.495 e. The predicted octanol–water partition coefficient (Wildman–Crippen LogP) is 4.21. The molecular weight excluding hydrogens is 501 g/mol. The number of amides is 2. The van der Waals surface area contributed by atoms with E-state index in [9.17, 15) is 9.59 Å². The summed E-state index contributed by atoms with van der Waals surface area (Å²) in [5, 5.41) is 5.10. The van der Waals surface area contributed by atoms with Crippen molar-refractivity contribution in [3.63, 3.8) is 0 Å². The second-order valence-electron chi connectivity index (χ2n) is 8.44. The molecule has 4 rings (SSSR count). The van der Waals surface area contributed by atoms with Gasteiger partial charge in [-0.1, -0.05) is 35.3 Å². The van der Waals surface area contributed by atoms with Crippen molar-refractivity contribution in [2.45, 2.75) is 13.8 Å². The molecule has 0 radical (unpaired) electrons. The van der Waals surface area contributed by atoms with E-state index in [2.05, 4.69) is 15.4 Å². The third-order valence-corrected chi connectivity index (χ3v) is 6.57. The molecule has 1 aliphatic rings. The second kappa shape index (κ2) is 11.1. The van der Waals surface area contributed by atoms with Crippen LogP contribution in [0.5, 0.6) is 5.75 Å². The van der Waals surface area contributed by atoms with Crippen LogP contribution in [-0.2, 0) is 9.59 Å². The Morgan fingerprint density at radius 3 is 2.33 bits per heavy atom. The molecule has 1 saturated heterocycles. The zero-order valence-electron chi connectivity index (χ0n) is 20.3. The Kier molecular flexibility index (Phi) is 7.86. The monoisotopic (exact) mass is 527 g/mol. The molecule has 0 spiro atoms. The minimum atomic E-state index is -0.771. The van der Waals surface area contributed by atoms with Gasteiger partial charge < -0.3 is 19.1 Å². The number of nitrogens with zero attached hydrogens (tertiary/aromatic N) is 4. The van der Waals surface area contributed by atoms with Crippen LogP contribution in [-0.4, -0.2) is 60.8 Å². The van der Waals surface area contributed by atoms with Crippen LogP contribution in [0.2, 0.25) is 10.0 Å². The van der Waals surface area contributed by atoms with Gasteiger partial charge in [-0.3, -0.25) is 9.59 Å². The lowest BCUT2D eigenvalue weighted by atomic mass is 10.2. The molecule has 0 atom stereocenters. The number of benzene rings is 2. The lowest BCUT2D eigenvalue weighted by Gasteiger charge is -2.36. The van der Waals surface area contributed by atoms with E-state index >= 15 is 0 Å². The molecule has 0 unspecified atom stereocenters. The second-order valence-corrected chi connectivity index (χ2v) is 9.31. The number of hydrogen-bond donors (Lipinski definition) is 1. The molecule has 2 aromatic carbocycles. The molecule has 188 valence electrons. The number of carbonyl (C=O) groups excluding carboxylic acids is 2. The first-order valence-electron chi connectivity index (χ1n) is 11.4. The standard InChI is InChI=1S/C26H27Cl2N5O3/c1-17-12-19(18(2)33(17)22-14-20(27)13-21(28)15-22)16-29-30-25(34)26(35)32-10-8-31(9-11-32)23-6-4-5-7-24(23)36-3/h4-7,12-16H,8-11H2,1-3H3,(H,30,34)/b29-16-. The molecule has 1 N–H and O–H groups in total. The van der Waals surface area contributed by atoms with E-state index in [1.54, 1.807) is 13.2 Å². The first kappa shape index (κ1) is 25.6. The number of piperazine rings is 1. The zero-order chi connectivity index (χ0) is 25.8. The summed E-state index contributed by atoms with van der Waals surface area (Å²) in [7, 11) is 1.63. The van der Waals surface area contributed by atoms with Gasteiger partial charge in [-0.05, 0) is 50.2 Å². The summed E-state index contributed by atoms with van der Waals surface area (Å²) in [5.74, 6) is -0.597. The maximum Gasteiger partial charge on any atom is 0.329 e. The molecule has 3 aromatic rings. The quantitative estimate of drug-likeness (QED) is 0.306. The Balaban J connectivity index is 1.36. The Morgan fingerprint density at radius 2 is 1.67 bits per heavy atom. The van der Waals surface area contributed by atoms with Crippen LogP contribution in [0, 0.1) is 13.8 Å². The average molecular weight is 528 g/mol. The maximum atomic E-state index is 12.6. The summed E-state index contributed by atoms with van der Waals surface area (Å²) < 4.78 is 7.42. The molecule has 36 heavy (non-hydrogen) atoms. The van der Waals surface area contributed by atoms with Gasteiger partial charge in [0.05, 0.1) is 19.0 Å². The first-order chi connectivity index (χ1) is 17.3. The normalized spacial score (nSPS) is 13.8. The molecule has 1 aliphatic heterocycles. The molecular formula is C26H27Cl2N5O3. The molecule has 10 heteroatoms. The van der Waals surface area contributed by atoms with Crippen molar-refractivity contribution in [2.75, 3.05) is 38.2 Å². The highest BCUT2D eigenvalue weighted by atomic mass is 35.5. The van der Waals surface area contributed by atoms with Gasteiger partial charge >= 0.3 is 11.8 Å². The molecule has 1 aromatic heterocycles. The lowest BCUT2D eigenvalue weighted by molar-refractivity contribution is -0.146. The zero-order valence-corrected chi connectivity index (χ0v) is 21.8. The van der Waals surface area contributed by atoms with Crippen molar-refractivity contribution in [3.8, 4) is 11.4 Å². The van der Waals surface area contributed by atoms with Gasteiger partial charge in [0.2, 0.25) is 0 Å². The van der Waals surface area contributed by atoms with E-state index in [1.165, 1.54) is 11.1 Å². The lowest BCUT2D eigenvalue weighted by Crippen LogP contribution is -2.52.